The van der Waals surface area contributed by atoms with Gasteiger partial charge in [0.25, 0.3) is 5.69 Å². The molecule has 0 aromatic heterocycles. The highest BCUT2D eigenvalue weighted by Crippen LogP contribution is 2.34. The zero-order chi connectivity index (χ0) is 17.7. The molecule has 2 aromatic carbocycles. The van der Waals surface area contributed by atoms with E-state index in [0.717, 1.165) is 0 Å². The van der Waals surface area contributed by atoms with Crippen LogP contribution in [0.5, 0.6) is 11.5 Å². The predicted octanol–water partition coefficient (Wildman–Crippen LogP) is 4.53. The van der Waals surface area contributed by atoms with Crippen molar-refractivity contribution in [3.8, 4) is 17.6 Å². The van der Waals surface area contributed by atoms with Gasteiger partial charge in [-0.05, 0) is 48.4 Å². The Bertz CT molecular complexity index is 839. The Labute approximate surface area is 146 Å². The maximum atomic E-state index is 10.7. The molecule has 0 heterocycles. The number of aromatic hydroxyl groups is 1. The van der Waals surface area contributed by atoms with Gasteiger partial charge in [-0.3, -0.25) is 10.1 Å². The number of ether oxygens (including phenoxy) is 1. The molecule has 0 spiro atoms. The van der Waals surface area contributed by atoms with Crippen LogP contribution in [-0.2, 0) is 0 Å². The number of halogens is 1. The summed E-state index contributed by atoms with van der Waals surface area (Å²) in [4.78, 5) is 10.2. The van der Waals surface area contributed by atoms with E-state index in [1.54, 1.807) is 19.1 Å². The smallest absolute Gasteiger partial charge is 0.269 e. The third kappa shape index (κ3) is 3.91. The molecule has 0 radical (unpaired) electrons. The van der Waals surface area contributed by atoms with E-state index in [9.17, 15) is 20.5 Å². The molecule has 2 rings (SSSR count). The van der Waals surface area contributed by atoms with Crippen molar-refractivity contribution in [2.75, 3.05) is 6.61 Å². The molecular formula is C17H13BrN2O4. The van der Waals surface area contributed by atoms with Gasteiger partial charge in [-0.1, -0.05) is 15.9 Å². The van der Waals surface area contributed by atoms with Crippen molar-refractivity contribution < 1.29 is 14.8 Å². The number of rotatable bonds is 5. The number of nitro benzene ring substituents is 1. The van der Waals surface area contributed by atoms with E-state index in [-0.39, 0.29) is 11.4 Å². The molecule has 0 aliphatic carbocycles. The van der Waals surface area contributed by atoms with Crippen LogP contribution in [0.1, 0.15) is 18.1 Å². The van der Waals surface area contributed by atoms with Crippen LogP contribution in [0.2, 0.25) is 0 Å². The van der Waals surface area contributed by atoms with Gasteiger partial charge in [0.15, 0.2) is 11.5 Å². The standard InChI is InChI=1S/C17H13BrN2O4/c1-2-24-17-8-12(15(18)9-16(17)21)7-13(10-19)11-3-5-14(6-4-11)20(22)23/h3-9,21H,2H2,1H3/b13-7-. The van der Waals surface area contributed by atoms with Crippen molar-refractivity contribution in [2.24, 2.45) is 0 Å². The van der Waals surface area contributed by atoms with E-state index in [0.29, 0.717) is 33.5 Å². The molecule has 0 bridgehead atoms. The van der Waals surface area contributed by atoms with Gasteiger partial charge < -0.3 is 9.84 Å². The van der Waals surface area contributed by atoms with Crippen molar-refractivity contribution >= 4 is 33.3 Å². The van der Waals surface area contributed by atoms with Crippen molar-refractivity contribution in [1.82, 2.24) is 0 Å². The van der Waals surface area contributed by atoms with Gasteiger partial charge in [0.05, 0.1) is 23.2 Å². The molecule has 7 heteroatoms. The second-order valence-electron chi connectivity index (χ2n) is 4.75. The third-order valence-corrected chi connectivity index (χ3v) is 3.87. The quantitative estimate of drug-likeness (QED) is 0.351. The Morgan fingerprint density at radius 1 is 1.42 bits per heavy atom. The molecule has 0 amide bonds. The molecule has 0 atom stereocenters. The maximum absolute atomic E-state index is 10.7. The zero-order valence-electron chi connectivity index (χ0n) is 12.7. The van der Waals surface area contributed by atoms with Crippen LogP contribution in [0.4, 0.5) is 5.69 Å². The fourth-order valence-electron chi connectivity index (χ4n) is 2.04. The number of hydrogen-bond donors (Lipinski definition) is 1. The molecule has 6 nitrogen and oxygen atoms in total. The van der Waals surface area contributed by atoms with Crippen molar-refractivity contribution in [3.63, 3.8) is 0 Å². The highest BCUT2D eigenvalue weighted by molar-refractivity contribution is 9.10. The summed E-state index contributed by atoms with van der Waals surface area (Å²) in [6, 6.07) is 10.9. The van der Waals surface area contributed by atoms with E-state index in [4.69, 9.17) is 4.74 Å². The summed E-state index contributed by atoms with van der Waals surface area (Å²) in [5.74, 6) is 0.308. The Morgan fingerprint density at radius 2 is 2.08 bits per heavy atom. The number of allylic oxidation sites excluding steroid dienone is 1. The Kier molecular flexibility index (Phi) is 5.55. The fourth-order valence-corrected chi connectivity index (χ4v) is 2.48. The van der Waals surface area contributed by atoms with E-state index >= 15 is 0 Å². The summed E-state index contributed by atoms with van der Waals surface area (Å²) >= 11 is 3.33. The first-order chi connectivity index (χ1) is 11.5. The lowest BCUT2D eigenvalue weighted by molar-refractivity contribution is -0.384. The van der Waals surface area contributed by atoms with Gasteiger partial charge in [0, 0.05) is 16.6 Å². The topological polar surface area (TPSA) is 96.4 Å². The monoisotopic (exact) mass is 388 g/mol. The number of nitrogens with zero attached hydrogens (tertiary/aromatic N) is 2. The SMILES string of the molecule is CCOc1cc(/C=C(/C#N)c2ccc([N+](=O)[O-])cc2)c(Br)cc1O. The van der Waals surface area contributed by atoms with Crippen LogP contribution in [-0.4, -0.2) is 16.6 Å². The number of non-ortho nitro benzene ring substituents is 1. The number of nitriles is 1. The Balaban J connectivity index is 2.45. The molecule has 0 saturated carbocycles. The zero-order valence-corrected chi connectivity index (χ0v) is 14.3. The predicted molar refractivity (Wildman–Crippen MR) is 93.6 cm³/mol. The van der Waals surface area contributed by atoms with Gasteiger partial charge in [0.2, 0.25) is 0 Å². The molecule has 0 saturated heterocycles. The number of phenolic OH excluding ortho intramolecular Hbond substituents is 1. The van der Waals surface area contributed by atoms with E-state index in [1.807, 2.05) is 0 Å². The molecule has 2 aromatic rings. The van der Waals surface area contributed by atoms with Gasteiger partial charge in [-0.25, -0.2) is 0 Å². The minimum absolute atomic E-state index is 0.00489. The lowest BCUT2D eigenvalue weighted by Crippen LogP contribution is -1.93. The molecular weight excluding hydrogens is 376 g/mol. The Morgan fingerprint density at radius 3 is 2.62 bits per heavy atom. The first kappa shape index (κ1) is 17.5. The lowest BCUT2D eigenvalue weighted by atomic mass is 10.0. The fraction of sp³-hybridized carbons (Fsp3) is 0.118. The molecule has 0 aliphatic rings. The van der Waals surface area contributed by atoms with Gasteiger partial charge in [-0.15, -0.1) is 0 Å². The number of benzene rings is 2. The molecule has 0 unspecified atom stereocenters. The minimum Gasteiger partial charge on any atom is -0.504 e. The average molecular weight is 389 g/mol. The second kappa shape index (κ2) is 7.62. The van der Waals surface area contributed by atoms with Crippen LogP contribution < -0.4 is 4.74 Å². The Hall–Kier alpha value is -2.85. The number of hydrogen-bond acceptors (Lipinski definition) is 5. The van der Waals surface area contributed by atoms with Crippen molar-refractivity contribution in [2.45, 2.75) is 6.92 Å². The molecule has 1 N–H and O–H groups in total. The van der Waals surface area contributed by atoms with E-state index in [1.165, 1.54) is 30.3 Å². The summed E-state index contributed by atoms with van der Waals surface area (Å²) in [6.45, 7) is 2.19. The van der Waals surface area contributed by atoms with Crippen LogP contribution in [0.15, 0.2) is 40.9 Å². The van der Waals surface area contributed by atoms with Gasteiger partial charge in [-0.2, -0.15) is 5.26 Å². The molecule has 122 valence electrons. The number of nitro groups is 1. The van der Waals surface area contributed by atoms with Crippen LogP contribution >= 0.6 is 15.9 Å². The maximum Gasteiger partial charge on any atom is 0.269 e. The molecule has 24 heavy (non-hydrogen) atoms. The average Bonchev–Trinajstić information content (AvgIpc) is 2.56. The summed E-state index contributed by atoms with van der Waals surface area (Å²) in [5, 5.41) is 29.9. The normalized spacial score (nSPS) is 11.0. The molecule has 0 aliphatic heterocycles. The highest BCUT2D eigenvalue weighted by atomic mass is 79.9. The van der Waals surface area contributed by atoms with Crippen molar-refractivity contribution in [3.05, 3.63) is 62.1 Å². The van der Waals surface area contributed by atoms with Crippen LogP contribution in [0.25, 0.3) is 11.6 Å². The first-order valence-electron chi connectivity index (χ1n) is 6.98. The summed E-state index contributed by atoms with van der Waals surface area (Å²) in [5.41, 5.74) is 1.49. The van der Waals surface area contributed by atoms with Gasteiger partial charge in [0.1, 0.15) is 0 Å². The largest absolute Gasteiger partial charge is 0.504 e. The second-order valence-corrected chi connectivity index (χ2v) is 5.60. The third-order valence-electron chi connectivity index (χ3n) is 3.19. The first-order valence-corrected chi connectivity index (χ1v) is 7.77. The summed E-state index contributed by atoms with van der Waals surface area (Å²) < 4.78 is 5.93. The van der Waals surface area contributed by atoms with E-state index in [2.05, 4.69) is 22.0 Å². The van der Waals surface area contributed by atoms with Crippen LogP contribution in [0, 0.1) is 21.4 Å². The summed E-state index contributed by atoms with van der Waals surface area (Å²) in [6.07, 6.45) is 1.62. The molecule has 0 fully saturated rings. The lowest BCUT2D eigenvalue weighted by Gasteiger charge is -2.09. The van der Waals surface area contributed by atoms with Crippen molar-refractivity contribution in [1.29, 1.82) is 5.26 Å². The highest BCUT2D eigenvalue weighted by Gasteiger charge is 2.10. The minimum atomic E-state index is -0.496. The van der Waals surface area contributed by atoms with E-state index < -0.39 is 4.92 Å². The van der Waals surface area contributed by atoms with Crippen LogP contribution in [0.3, 0.4) is 0 Å². The number of phenols is 1. The van der Waals surface area contributed by atoms with Gasteiger partial charge >= 0.3 is 0 Å². The summed E-state index contributed by atoms with van der Waals surface area (Å²) in [7, 11) is 0.